The monoisotopic (exact) mass is 477 g/mol. The molecule has 2 aliphatic rings. The van der Waals surface area contributed by atoms with Gasteiger partial charge in [-0.1, -0.05) is 0 Å². The van der Waals surface area contributed by atoms with Gasteiger partial charge >= 0.3 is 6.18 Å². The van der Waals surface area contributed by atoms with Gasteiger partial charge in [0, 0.05) is 18.3 Å². The van der Waals surface area contributed by atoms with Crippen LogP contribution in [0.2, 0.25) is 0 Å². The van der Waals surface area contributed by atoms with Crippen LogP contribution in [0.1, 0.15) is 45.7 Å². The molecule has 172 valence electrons. The van der Waals surface area contributed by atoms with Crippen LogP contribution in [0.15, 0.2) is 36.5 Å². The number of pyridine rings is 1. The van der Waals surface area contributed by atoms with Crippen molar-refractivity contribution in [3.63, 3.8) is 0 Å². The van der Waals surface area contributed by atoms with E-state index in [0.717, 1.165) is 17.5 Å². The number of aromatic nitrogens is 1. The van der Waals surface area contributed by atoms with Gasteiger partial charge in [0.15, 0.2) is 5.11 Å². The standard InChI is InChI=1S/C21H18F3N5O3S/c1-26-17(31)11-3-5-12(6-4-11)29-19(33)28(18(32)20(29)7-2-8-20)13-9-14(21(22,23)24)15(16(25)30)27-10-13/h3-6,9-10H,2,7-8H2,1H3,(H2,25,30)(H,26,31). The van der Waals surface area contributed by atoms with Gasteiger partial charge in [-0.15, -0.1) is 0 Å². The number of carbonyl (C=O) groups is 3. The average Bonchev–Trinajstić information content (AvgIpc) is 2.99. The van der Waals surface area contributed by atoms with E-state index >= 15 is 0 Å². The Morgan fingerprint density at radius 2 is 1.82 bits per heavy atom. The highest BCUT2D eigenvalue weighted by molar-refractivity contribution is 7.81. The zero-order chi connectivity index (χ0) is 24.1. The van der Waals surface area contributed by atoms with Crippen LogP contribution in [-0.4, -0.2) is 40.4 Å². The van der Waals surface area contributed by atoms with Gasteiger partial charge in [0.2, 0.25) is 0 Å². The number of thiocarbonyl (C=S) groups is 1. The molecule has 1 spiro atoms. The van der Waals surface area contributed by atoms with E-state index in [1.807, 2.05) is 0 Å². The van der Waals surface area contributed by atoms with Gasteiger partial charge in [0.1, 0.15) is 11.2 Å². The molecule has 33 heavy (non-hydrogen) atoms. The summed E-state index contributed by atoms with van der Waals surface area (Å²) in [6.07, 6.45) is -2.29. The molecule has 1 aromatic heterocycles. The maximum absolute atomic E-state index is 13.5. The molecule has 1 saturated heterocycles. The lowest BCUT2D eigenvalue weighted by molar-refractivity contribution is -0.138. The van der Waals surface area contributed by atoms with Crippen LogP contribution in [0.3, 0.4) is 0 Å². The van der Waals surface area contributed by atoms with Crippen molar-refractivity contribution in [3.05, 3.63) is 53.3 Å². The molecule has 12 heteroatoms. The van der Waals surface area contributed by atoms with Crippen LogP contribution in [0.4, 0.5) is 24.5 Å². The molecule has 3 N–H and O–H groups in total. The van der Waals surface area contributed by atoms with Gasteiger partial charge in [0.25, 0.3) is 17.7 Å². The second kappa shape index (κ2) is 7.80. The second-order valence-electron chi connectivity index (χ2n) is 7.72. The third-order valence-corrected chi connectivity index (χ3v) is 6.24. The second-order valence-corrected chi connectivity index (χ2v) is 8.09. The lowest BCUT2D eigenvalue weighted by atomic mass is 9.75. The molecule has 1 aromatic carbocycles. The third kappa shape index (κ3) is 3.50. The van der Waals surface area contributed by atoms with E-state index in [4.69, 9.17) is 18.0 Å². The Hall–Kier alpha value is -3.54. The van der Waals surface area contributed by atoms with E-state index in [1.165, 1.54) is 7.05 Å². The van der Waals surface area contributed by atoms with E-state index in [-0.39, 0.29) is 16.7 Å². The number of carbonyl (C=O) groups excluding carboxylic acids is 3. The number of primary amides is 1. The third-order valence-electron chi connectivity index (χ3n) is 5.88. The number of amides is 3. The quantitative estimate of drug-likeness (QED) is 0.656. The summed E-state index contributed by atoms with van der Waals surface area (Å²) >= 11 is 5.53. The number of nitrogens with two attached hydrogens (primary N) is 1. The number of nitrogens with one attached hydrogen (secondary N) is 1. The predicted molar refractivity (Wildman–Crippen MR) is 117 cm³/mol. The Balaban J connectivity index is 1.78. The van der Waals surface area contributed by atoms with Crippen molar-refractivity contribution >= 4 is 46.4 Å². The van der Waals surface area contributed by atoms with Gasteiger partial charge < -0.3 is 16.0 Å². The molecule has 1 aliphatic heterocycles. The van der Waals surface area contributed by atoms with Crippen molar-refractivity contribution in [1.82, 2.24) is 10.3 Å². The SMILES string of the molecule is CNC(=O)c1ccc(N2C(=S)N(c3cnc(C(N)=O)c(C(F)(F)F)c3)C(=O)C23CCC3)cc1. The Bertz CT molecular complexity index is 1180. The summed E-state index contributed by atoms with van der Waals surface area (Å²) in [6.45, 7) is 0. The molecule has 0 atom stereocenters. The maximum Gasteiger partial charge on any atom is 0.418 e. The number of alkyl halides is 3. The molecule has 1 saturated carbocycles. The number of benzene rings is 1. The van der Waals surface area contributed by atoms with E-state index in [2.05, 4.69) is 10.3 Å². The minimum Gasteiger partial charge on any atom is -0.364 e. The number of hydrogen-bond acceptors (Lipinski definition) is 5. The Kier molecular flexibility index (Phi) is 5.35. The first-order chi connectivity index (χ1) is 15.5. The van der Waals surface area contributed by atoms with Crippen LogP contribution < -0.4 is 20.9 Å². The lowest BCUT2D eigenvalue weighted by Crippen LogP contribution is -2.55. The molecule has 0 radical (unpaired) electrons. The summed E-state index contributed by atoms with van der Waals surface area (Å²) < 4.78 is 40.6. The number of halogens is 3. The van der Waals surface area contributed by atoms with Crippen molar-refractivity contribution in [1.29, 1.82) is 0 Å². The largest absolute Gasteiger partial charge is 0.418 e. The molecule has 0 unspecified atom stereocenters. The summed E-state index contributed by atoms with van der Waals surface area (Å²) in [5.74, 6) is -2.10. The Labute approximate surface area is 191 Å². The van der Waals surface area contributed by atoms with Crippen LogP contribution in [0, 0.1) is 0 Å². The molecular formula is C21H18F3N5O3S. The molecule has 2 aromatic rings. The van der Waals surface area contributed by atoms with Crippen LogP contribution >= 0.6 is 12.2 Å². The summed E-state index contributed by atoms with van der Waals surface area (Å²) in [5, 5.41) is 2.49. The molecule has 4 rings (SSSR count). The van der Waals surface area contributed by atoms with Gasteiger partial charge in [-0.05, 0) is 61.8 Å². The molecule has 8 nitrogen and oxygen atoms in total. The number of rotatable bonds is 4. The van der Waals surface area contributed by atoms with Gasteiger partial charge in [-0.25, -0.2) is 4.98 Å². The van der Waals surface area contributed by atoms with Crippen LogP contribution in [0.5, 0.6) is 0 Å². The van der Waals surface area contributed by atoms with E-state index in [9.17, 15) is 27.6 Å². The number of anilines is 2. The topological polar surface area (TPSA) is 109 Å². The van der Waals surface area contributed by atoms with E-state index in [0.29, 0.717) is 30.2 Å². The van der Waals surface area contributed by atoms with Crippen molar-refractivity contribution in [2.45, 2.75) is 31.0 Å². The lowest BCUT2D eigenvalue weighted by Gasteiger charge is -2.43. The van der Waals surface area contributed by atoms with Gasteiger partial charge in [-0.3, -0.25) is 19.3 Å². The highest BCUT2D eigenvalue weighted by Gasteiger charge is 2.59. The average molecular weight is 477 g/mol. The first kappa shape index (κ1) is 22.6. The Morgan fingerprint density at radius 3 is 2.30 bits per heavy atom. The van der Waals surface area contributed by atoms with Crippen LogP contribution in [0.25, 0.3) is 0 Å². The van der Waals surface area contributed by atoms with Crippen molar-refractivity contribution in [2.24, 2.45) is 5.73 Å². The highest BCUT2D eigenvalue weighted by Crippen LogP contribution is 2.48. The highest BCUT2D eigenvalue weighted by atomic mass is 32.1. The number of nitrogens with zero attached hydrogens (tertiary/aromatic N) is 3. The zero-order valence-electron chi connectivity index (χ0n) is 17.3. The number of hydrogen-bond donors (Lipinski definition) is 2. The minimum absolute atomic E-state index is 0.0193. The van der Waals surface area contributed by atoms with Crippen molar-refractivity contribution in [3.8, 4) is 0 Å². The van der Waals surface area contributed by atoms with Crippen molar-refractivity contribution in [2.75, 3.05) is 16.8 Å². The van der Waals surface area contributed by atoms with E-state index in [1.54, 1.807) is 29.2 Å². The smallest absolute Gasteiger partial charge is 0.364 e. The zero-order valence-corrected chi connectivity index (χ0v) is 18.1. The van der Waals surface area contributed by atoms with Crippen LogP contribution in [-0.2, 0) is 11.0 Å². The molecule has 2 heterocycles. The fourth-order valence-corrected chi connectivity index (χ4v) is 4.57. The molecule has 0 bridgehead atoms. The fourth-order valence-electron chi connectivity index (χ4n) is 4.10. The van der Waals surface area contributed by atoms with Gasteiger partial charge in [0.05, 0.1) is 17.4 Å². The normalized spacial score (nSPS) is 17.3. The first-order valence-electron chi connectivity index (χ1n) is 9.89. The fraction of sp³-hybridized carbons (Fsp3) is 0.286. The van der Waals surface area contributed by atoms with Gasteiger partial charge in [-0.2, -0.15) is 13.2 Å². The molecule has 2 fully saturated rings. The van der Waals surface area contributed by atoms with Crippen molar-refractivity contribution < 1.29 is 27.6 Å². The molecule has 1 aliphatic carbocycles. The first-order valence-corrected chi connectivity index (χ1v) is 10.3. The van der Waals surface area contributed by atoms with E-state index < -0.39 is 34.8 Å². The Morgan fingerprint density at radius 1 is 1.18 bits per heavy atom. The summed E-state index contributed by atoms with van der Waals surface area (Å²) in [4.78, 5) is 42.9. The predicted octanol–water partition coefficient (Wildman–Crippen LogP) is 2.62. The summed E-state index contributed by atoms with van der Waals surface area (Å²) in [6, 6.07) is 7.05. The minimum atomic E-state index is -4.92. The summed E-state index contributed by atoms with van der Waals surface area (Å²) in [5.41, 5.74) is 2.44. The summed E-state index contributed by atoms with van der Waals surface area (Å²) in [7, 11) is 1.50. The molecule has 3 amide bonds. The maximum atomic E-state index is 13.5. The molecular weight excluding hydrogens is 459 g/mol.